The van der Waals surface area contributed by atoms with Crippen molar-refractivity contribution in [2.75, 3.05) is 12.4 Å². The highest BCUT2D eigenvalue weighted by Crippen LogP contribution is 2.31. The van der Waals surface area contributed by atoms with Crippen molar-refractivity contribution < 1.29 is 17.9 Å². The first-order chi connectivity index (χ1) is 9.79. The van der Waals surface area contributed by atoms with E-state index in [0.717, 1.165) is 17.2 Å². The molecule has 0 aliphatic carbocycles. The van der Waals surface area contributed by atoms with Gasteiger partial charge < -0.3 is 10.1 Å². The molecule has 0 saturated heterocycles. The van der Waals surface area contributed by atoms with E-state index in [1.807, 2.05) is 19.9 Å². The molecule has 112 valence electrons. The van der Waals surface area contributed by atoms with Gasteiger partial charge in [-0.1, -0.05) is 6.07 Å². The Morgan fingerprint density at radius 2 is 1.76 bits per heavy atom. The maximum absolute atomic E-state index is 12.8. The molecule has 1 aromatic carbocycles. The van der Waals surface area contributed by atoms with Crippen molar-refractivity contribution in [1.29, 1.82) is 0 Å². The Labute approximate surface area is 120 Å². The van der Waals surface area contributed by atoms with Gasteiger partial charge in [-0.25, -0.2) is 4.98 Å². The average molecular weight is 297 g/mol. The first-order valence-electron chi connectivity index (χ1n) is 6.19. The zero-order valence-corrected chi connectivity index (χ0v) is 11.7. The number of aromatic nitrogens is 2. The molecule has 1 aromatic heterocycles. The van der Waals surface area contributed by atoms with Gasteiger partial charge in [0.05, 0.1) is 0 Å². The molecule has 0 saturated carbocycles. The van der Waals surface area contributed by atoms with Crippen molar-refractivity contribution >= 4 is 5.95 Å². The van der Waals surface area contributed by atoms with Crippen molar-refractivity contribution in [2.45, 2.75) is 20.0 Å². The van der Waals surface area contributed by atoms with E-state index in [4.69, 9.17) is 4.74 Å². The second kappa shape index (κ2) is 5.59. The number of alkyl halides is 3. The molecule has 2 aromatic rings. The highest BCUT2D eigenvalue weighted by molar-refractivity contribution is 5.38. The number of halogens is 3. The van der Waals surface area contributed by atoms with E-state index in [-0.39, 0.29) is 11.8 Å². The van der Waals surface area contributed by atoms with Gasteiger partial charge >= 0.3 is 6.18 Å². The number of anilines is 1. The molecule has 7 heteroatoms. The first kappa shape index (κ1) is 15.1. The maximum atomic E-state index is 12.8. The summed E-state index contributed by atoms with van der Waals surface area (Å²) in [5.41, 5.74) is 0.990. The lowest BCUT2D eigenvalue weighted by molar-refractivity contribution is -0.141. The molecule has 0 fully saturated rings. The molecule has 21 heavy (non-hydrogen) atoms. The lowest BCUT2D eigenvalue weighted by Gasteiger charge is -2.11. The quantitative estimate of drug-likeness (QED) is 0.932. The Kier molecular flexibility index (Phi) is 4.02. The molecule has 0 spiro atoms. The minimum Gasteiger partial charge on any atom is -0.439 e. The van der Waals surface area contributed by atoms with Crippen LogP contribution in [0, 0.1) is 13.8 Å². The third-order valence-electron chi connectivity index (χ3n) is 2.92. The number of nitrogens with zero attached hydrogens (tertiary/aromatic N) is 2. The second-order valence-electron chi connectivity index (χ2n) is 4.51. The van der Waals surface area contributed by atoms with Crippen LogP contribution in [0.1, 0.15) is 16.8 Å². The van der Waals surface area contributed by atoms with Gasteiger partial charge in [0.2, 0.25) is 11.8 Å². The Bertz CT molecular complexity index is 656. The van der Waals surface area contributed by atoms with Crippen LogP contribution in [0.15, 0.2) is 24.3 Å². The number of rotatable bonds is 3. The molecule has 0 unspecified atom stereocenters. The number of benzene rings is 1. The zero-order chi connectivity index (χ0) is 15.6. The smallest absolute Gasteiger partial charge is 0.433 e. The summed E-state index contributed by atoms with van der Waals surface area (Å²) in [6, 6.07) is 6.02. The van der Waals surface area contributed by atoms with Crippen LogP contribution < -0.4 is 10.1 Å². The van der Waals surface area contributed by atoms with Gasteiger partial charge in [0, 0.05) is 13.1 Å². The standard InChI is InChI=1S/C14H14F3N3O/c1-8-4-5-10(6-9(8)2)21-12-7-11(14(15,16)17)19-13(18-3)20-12/h4-7H,1-3H3,(H,18,19,20). The minimum absolute atomic E-state index is 0.149. The highest BCUT2D eigenvalue weighted by Gasteiger charge is 2.34. The fraction of sp³-hybridized carbons (Fsp3) is 0.286. The molecular formula is C14H14F3N3O. The molecule has 1 N–H and O–H groups in total. The third kappa shape index (κ3) is 3.62. The van der Waals surface area contributed by atoms with Crippen LogP contribution in [0.2, 0.25) is 0 Å². The van der Waals surface area contributed by atoms with Crippen molar-refractivity contribution in [1.82, 2.24) is 9.97 Å². The lowest BCUT2D eigenvalue weighted by atomic mass is 10.1. The summed E-state index contributed by atoms with van der Waals surface area (Å²) in [4.78, 5) is 7.24. The van der Waals surface area contributed by atoms with Crippen LogP contribution in [0.3, 0.4) is 0 Å². The summed E-state index contributed by atoms with van der Waals surface area (Å²) in [5.74, 6) is 0.112. The Hall–Kier alpha value is -2.31. The topological polar surface area (TPSA) is 47.0 Å². The third-order valence-corrected chi connectivity index (χ3v) is 2.92. The molecule has 0 radical (unpaired) electrons. The predicted octanol–water partition coefficient (Wildman–Crippen LogP) is 3.95. The van der Waals surface area contributed by atoms with Gasteiger partial charge in [-0.2, -0.15) is 18.2 Å². The number of nitrogens with one attached hydrogen (secondary N) is 1. The van der Waals surface area contributed by atoms with Gasteiger partial charge in [-0.05, 0) is 37.1 Å². The first-order valence-corrected chi connectivity index (χ1v) is 6.19. The molecule has 0 atom stereocenters. The van der Waals surface area contributed by atoms with E-state index >= 15 is 0 Å². The van der Waals surface area contributed by atoms with Crippen molar-refractivity contribution in [3.8, 4) is 11.6 Å². The van der Waals surface area contributed by atoms with Crippen LogP contribution in [-0.2, 0) is 6.18 Å². The van der Waals surface area contributed by atoms with Gasteiger partial charge in [0.25, 0.3) is 0 Å². The normalized spacial score (nSPS) is 11.3. The lowest BCUT2D eigenvalue weighted by Crippen LogP contribution is -2.11. The van der Waals surface area contributed by atoms with E-state index in [9.17, 15) is 13.2 Å². The Morgan fingerprint density at radius 1 is 1.05 bits per heavy atom. The van der Waals surface area contributed by atoms with Gasteiger partial charge in [0.1, 0.15) is 5.75 Å². The highest BCUT2D eigenvalue weighted by atomic mass is 19.4. The summed E-state index contributed by atoms with van der Waals surface area (Å²) in [5, 5.41) is 2.48. The van der Waals surface area contributed by atoms with Crippen LogP contribution in [0.4, 0.5) is 19.1 Å². The van der Waals surface area contributed by atoms with Crippen molar-refractivity contribution in [3.63, 3.8) is 0 Å². The van der Waals surface area contributed by atoms with Gasteiger partial charge in [0.15, 0.2) is 5.69 Å². The summed E-state index contributed by atoms with van der Waals surface area (Å²) < 4.78 is 43.7. The summed E-state index contributed by atoms with van der Waals surface area (Å²) >= 11 is 0. The molecule has 0 aliphatic heterocycles. The number of ether oxygens (including phenoxy) is 1. The predicted molar refractivity (Wildman–Crippen MR) is 72.6 cm³/mol. The fourth-order valence-corrected chi connectivity index (χ4v) is 1.63. The van der Waals surface area contributed by atoms with Crippen LogP contribution in [0.5, 0.6) is 11.6 Å². The second-order valence-corrected chi connectivity index (χ2v) is 4.51. The largest absolute Gasteiger partial charge is 0.439 e. The molecule has 0 aliphatic rings. The Balaban J connectivity index is 2.36. The Morgan fingerprint density at radius 3 is 2.33 bits per heavy atom. The SMILES string of the molecule is CNc1nc(Oc2ccc(C)c(C)c2)cc(C(F)(F)F)n1. The molecule has 0 amide bonds. The van der Waals surface area contributed by atoms with Crippen LogP contribution in [-0.4, -0.2) is 17.0 Å². The summed E-state index contributed by atoms with van der Waals surface area (Å²) in [6.07, 6.45) is -4.56. The molecule has 1 heterocycles. The summed E-state index contributed by atoms with van der Waals surface area (Å²) in [7, 11) is 1.44. The number of hydrogen-bond acceptors (Lipinski definition) is 4. The van der Waals surface area contributed by atoms with E-state index in [1.54, 1.807) is 12.1 Å². The van der Waals surface area contributed by atoms with E-state index in [1.165, 1.54) is 7.05 Å². The summed E-state index contributed by atoms with van der Waals surface area (Å²) in [6.45, 7) is 3.83. The fourth-order valence-electron chi connectivity index (χ4n) is 1.63. The van der Waals surface area contributed by atoms with E-state index in [2.05, 4.69) is 15.3 Å². The zero-order valence-electron chi connectivity index (χ0n) is 11.7. The number of hydrogen-bond donors (Lipinski definition) is 1. The molecule has 4 nitrogen and oxygen atoms in total. The van der Waals surface area contributed by atoms with Gasteiger partial charge in [-0.15, -0.1) is 0 Å². The van der Waals surface area contributed by atoms with Crippen LogP contribution >= 0.6 is 0 Å². The average Bonchev–Trinajstić information content (AvgIpc) is 2.41. The van der Waals surface area contributed by atoms with Crippen molar-refractivity contribution in [3.05, 3.63) is 41.1 Å². The van der Waals surface area contributed by atoms with Crippen molar-refractivity contribution in [2.24, 2.45) is 0 Å². The maximum Gasteiger partial charge on any atom is 0.433 e. The van der Waals surface area contributed by atoms with Gasteiger partial charge in [-0.3, -0.25) is 0 Å². The van der Waals surface area contributed by atoms with E-state index in [0.29, 0.717) is 5.75 Å². The monoisotopic (exact) mass is 297 g/mol. The molecular weight excluding hydrogens is 283 g/mol. The van der Waals surface area contributed by atoms with Crippen LogP contribution in [0.25, 0.3) is 0 Å². The molecule has 2 rings (SSSR count). The molecule has 0 bridgehead atoms. The minimum atomic E-state index is -4.56. The van der Waals surface area contributed by atoms with E-state index < -0.39 is 11.9 Å². The number of aryl methyl sites for hydroxylation is 2.